The second kappa shape index (κ2) is 5.55. The van der Waals surface area contributed by atoms with Crippen LogP contribution in [0, 0.1) is 0 Å². The van der Waals surface area contributed by atoms with Crippen molar-refractivity contribution in [1.29, 1.82) is 0 Å². The van der Waals surface area contributed by atoms with Gasteiger partial charge < -0.3 is 9.64 Å². The summed E-state index contributed by atoms with van der Waals surface area (Å²) in [4.78, 5) is 31.6. The van der Waals surface area contributed by atoms with Crippen molar-refractivity contribution in [3.63, 3.8) is 0 Å². The van der Waals surface area contributed by atoms with E-state index >= 15 is 0 Å². The molecule has 0 aromatic heterocycles. The Morgan fingerprint density at radius 1 is 1.38 bits per heavy atom. The highest BCUT2D eigenvalue weighted by Gasteiger charge is 2.35. The highest BCUT2D eigenvalue weighted by Crippen LogP contribution is 2.29. The van der Waals surface area contributed by atoms with Gasteiger partial charge in [0.2, 0.25) is 5.96 Å². The molecule has 0 bridgehead atoms. The first-order chi connectivity index (χ1) is 10.2. The number of rotatable bonds is 3. The second-order valence-corrected chi connectivity index (χ2v) is 5.00. The van der Waals surface area contributed by atoms with Crippen LogP contribution in [0.2, 0.25) is 0 Å². The molecule has 1 amide bonds. The molecule has 0 atom stereocenters. The van der Waals surface area contributed by atoms with E-state index in [4.69, 9.17) is 4.74 Å². The molecule has 1 aromatic carbocycles. The third-order valence-corrected chi connectivity index (χ3v) is 3.57. The Morgan fingerprint density at radius 3 is 3.00 bits per heavy atom. The number of hydrogen-bond acceptors (Lipinski definition) is 5. The quantitative estimate of drug-likeness (QED) is 0.785. The van der Waals surface area contributed by atoms with E-state index in [9.17, 15) is 9.59 Å². The topological polar surface area (TPSA) is 62.2 Å². The standard InChI is InChI=1S/C15H17N3O3/c1-11(19)21-10-9-17-13-6-3-2-5-12(13)14(20)18-8-4-7-16-15(17)18/h2-3,5-6H,4,7-10H2,1H3. The van der Waals surface area contributed by atoms with Gasteiger partial charge in [-0.3, -0.25) is 19.5 Å². The third kappa shape index (κ3) is 2.49. The minimum atomic E-state index is -0.307. The number of amides is 1. The molecule has 0 radical (unpaired) electrons. The SMILES string of the molecule is CC(=O)OCCN1C2=NCCCN2C(=O)c2ccccc21. The Kier molecular flexibility index (Phi) is 3.60. The summed E-state index contributed by atoms with van der Waals surface area (Å²) < 4.78 is 5.03. The van der Waals surface area contributed by atoms with E-state index in [0.29, 0.717) is 31.2 Å². The molecule has 2 aliphatic rings. The molecule has 0 unspecified atom stereocenters. The van der Waals surface area contributed by atoms with Crippen molar-refractivity contribution in [3.8, 4) is 0 Å². The number of carbonyl (C=O) groups excluding carboxylic acids is 2. The fourth-order valence-electron chi connectivity index (χ4n) is 2.66. The van der Waals surface area contributed by atoms with E-state index in [-0.39, 0.29) is 18.5 Å². The smallest absolute Gasteiger partial charge is 0.302 e. The van der Waals surface area contributed by atoms with E-state index in [1.165, 1.54) is 6.92 Å². The summed E-state index contributed by atoms with van der Waals surface area (Å²) in [6.07, 6.45) is 0.870. The van der Waals surface area contributed by atoms with Gasteiger partial charge in [0.05, 0.1) is 17.8 Å². The van der Waals surface area contributed by atoms with Crippen molar-refractivity contribution in [2.24, 2.45) is 4.99 Å². The molecule has 0 aliphatic carbocycles. The van der Waals surface area contributed by atoms with Crippen molar-refractivity contribution in [2.45, 2.75) is 13.3 Å². The van der Waals surface area contributed by atoms with Crippen LogP contribution in [0.25, 0.3) is 0 Å². The average Bonchev–Trinajstić information content (AvgIpc) is 2.50. The van der Waals surface area contributed by atoms with Crippen LogP contribution < -0.4 is 4.90 Å². The van der Waals surface area contributed by atoms with E-state index < -0.39 is 0 Å². The van der Waals surface area contributed by atoms with Crippen LogP contribution in [0.3, 0.4) is 0 Å². The number of benzene rings is 1. The van der Waals surface area contributed by atoms with Gasteiger partial charge in [-0.05, 0) is 18.6 Å². The van der Waals surface area contributed by atoms with Gasteiger partial charge in [0.25, 0.3) is 5.91 Å². The summed E-state index contributed by atoms with van der Waals surface area (Å²) in [7, 11) is 0. The predicted molar refractivity (Wildman–Crippen MR) is 78.4 cm³/mol. The van der Waals surface area contributed by atoms with E-state index in [1.54, 1.807) is 4.90 Å². The first-order valence-electron chi connectivity index (χ1n) is 7.05. The lowest BCUT2D eigenvalue weighted by molar-refractivity contribution is -0.140. The molecule has 0 saturated carbocycles. The molecule has 3 rings (SSSR count). The minimum Gasteiger partial charge on any atom is -0.464 e. The Labute approximate surface area is 123 Å². The lowest BCUT2D eigenvalue weighted by atomic mass is 10.1. The molecule has 0 fully saturated rings. The van der Waals surface area contributed by atoms with Crippen LogP contribution in [0.5, 0.6) is 0 Å². The molecule has 2 aliphatic heterocycles. The zero-order chi connectivity index (χ0) is 14.8. The van der Waals surface area contributed by atoms with E-state index in [0.717, 1.165) is 12.1 Å². The maximum absolute atomic E-state index is 12.5. The van der Waals surface area contributed by atoms with Crippen molar-refractivity contribution in [3.05, 3.63) is 29.8 Å². The van der Waals surface area contributed by atoms with E-state index in [1.807, 2.05) is 29.2 Å². The number of carbonyl (C=O) groups is 2. The number of anilines is 1. The summed E-state index contributed by atoms with van der Waals surface area (Å²) in [5.74, 6) is 0.351. The summed E-state index contributed by atoms with van der Waals surface area (Å²) in [5, 5.41) is 0. The van der Waals surface area contributed by atoms with Gasteiger partial charge in [-0.15, -0.1) is 0 Å². The zero-order valence-electron chi connectivity index (χ0n) is 11.9. The molecular weight excluding hydrogens is 270 g/mol. The molecule has 0 N–H and O–H groups in total. The number of aliphatic imine (C=N–C) groups is 1. The van der Waals surface area contributed by atoms with Crippen LogP contribution >= 0.6 is 0 Å². The zero-order valence-corrected chi connectivity index (χ0v) is 11.9. The van der Waals surface area contributed by atoms with Crippen LogP contribution in [0.15, 0.2) is 29.3 Å². The fourth-order valence-corrected chi connectivity index (χ4v) is 2.66. The Morgan fingerprint density at radius 2 is 2.19 bits per heavy atom. The molecule has 6 heteroatoms. The number of hydrogen-bond donors (Lipinski definition) is 0. The van der Waals surface area contributed by atoms with Gasteiger partial charge in [-0.25, -0.2) is 0 Å². The van der Waals surface area contributed by atoms with Gasteiger partial charge in [0.1, 0.15) is 6.61 Å². The number of ether oxygens (including phenoxy) is 1. The number of guanidine groups is 1. The van der Waals surface area contributed by atoms with Crippen LogP contribution in [0.4, 0.5) is 5.69 Å². The Balaban J connectivity index is 1.94. The van der Waals surface area contributed by atoms with Crippen molar-refractivity contribution in [1.82, 2.24) is 4.90 Å². The average molecular weight is 287 g/mol. The second-order valence-electron chi connectivity index (χ2n) is 5.00. The lowest BCUT2D eigenvalue weighted by Crippen LogP contribution is -2.54. The van der Waals surface area contributed by atoms with Crippen LogP contribution in [-0.2, 0) is 9.53 Å². The Bertz CT molecular complexity index is 612. The minimum absolute atomic E-state index is 0.00668. The first kappa shape index (κ1) is 13.6. The van der Waals surface area contributed by atoms with Crippen molar-refractivity contribution in [2.75, 3.05) is 31.1 Å². The van der Waals surface area contributed by atoms with Gasteiger partial charge >= 0.3 is 5.97 Å². The highest BCUT2D eigenvalue weighted by molar-refractivity contribution is 6.18. The molecule has 0 saturated heterocycles. The Hall–Kier alpha value is -2.37. The fraction of sp³-hybridized carbons (Fsp3) is 0.400. The maximum Gasteiger partial charge on any atom is 0.302 e. The highest BCUT2D eigenvalue weighted by atomic mass is 16.5. The first-order valence-corrected chi connectivity index (χ1v) is 7.05. The van der Waals surface area contributed by atoms with Crippen LogP contribution in [0.1, 0.15) is 23.7 Å². The van der Waals surface area contributed by atoms with Gasteiger partial charge in [-0.2, -0.15) is 0 Å². The van der Waals surface area contributed by atoms with Crippen molar-refractivity contribution >= 4 is 23.5 Å². The molecule has 6 nitrogen and oxygen atoms in total. The molecule has 0 spiro atoms. The number of para-hydroxylation sites is 1. The molecular formula is C15H17N3O3. The third-order valence-electron chi connectivity index (χ3n) is 3.57. The summed E-state index contributed by atoms with van der Waals surface area (Å²) in [6, 6.07) is 7.47. The monoisotopic (exact) mass is 287 g/mol. The normalized spacial score (nSPS) is 17.0. The molecule has 21 heavy (non-hydrogen) atoms. The van der Waals surface area contributed by atoms with Crippen molar-refractivity contribution < 1.29 is 14.3 Å². The number of nitrogens with zero attached hydrogens (tertiary/aromatic N) is 3. The molecule has 2 heterocycles. The van der Waals surface area contributed by atoms with Gasteiger partial charge in [0.15, 0.2) is 0 Å². The summed E-state index contributed by atoms with van der Waals surface area (Å²) in [6.45, 7) is 3.53. The molecule has 1 aromatic rings. The predicted octanol–water partition coefficient (Wildman–Crippen LogP) is 1.27. The molecule has 110 valence electrons. The summed E-state index contributed by atoms with van der Waals surface area (Å²) in [5.41, 5.74) is 1.49. The largest absolute Gasteiger partial charge is 0.464 e. The number of fused-ring (bicyclic) bond motifs is 2. The van der Waals surface area contributed by atoms with Gasteiger partial charge in [-0.1, -0.05) is 12.1 Å². The van der Waals surface area contributed by atoms with Gasteiger partial charge in [0, 0.05) is 20.0 Å². The lowest BCUT2D eigenvalue weighted by Gasteiger charge is -2.40. The number of esters is 1. The maximum atomic E-state index is 12.5. The summed E-state index contributed by atoms with van der Waals surface area (Å²) >= 11 is 0. The van der Waals surface area contributed by atoms with Crippen LogP contribution in [-0.4, -0.2) is 49.0 Å². The van der Waals surface area contributed by atoms with E-state index in [2.05, 4.69) is 4.99 Å².